The number of hydrogen-bond acceptors (Lipinski definition) is 5. The number of amides is 2. The topological polar surface area (TPSA) is 101 Å². The first kappa shape index (κ1) is 26.3. The summed E-state index contributed by atoms with van der Waals surface area (Å²) in [5, 5.41) is 9.30. The molecule has 41 heavy (non-hydrogen) atoms. The lowest BCUT2D eigenvalue weighted by Gasteiger charge is -2.19. The number of carbonyl (C=O) groups is 2. The number of fused-ring (bicyclic) bond motifs is 2. The number of halogens is 6. The monoisotopic (exact) mass is 584 g/mol. The van der Waals surface area contributed by atoms with Crippen molar-refractivity contribution < 1.29 is 31.5 Å². The Morgan fingerprint density at radius 1 is 1.02 bits per heavy atom. The van der Waals surface area contributed by atoms with E-state index in [2.05, 4.69) is 25.7 Å². The predicted molar refractivity (Wildman–Crippen MR) is 136 cm³/mol. The molecule has 0 saturated carbocycles. The minimum absolute atomic E-state index is 0.0461. The van der Waals surface area contributed by atoms with Crippen molar-refractivity contribution in [1.82, 2.24) is 24.9 Å². The third-order valence-electron chi connectivity index (χ3n) is 6.41. The average Bonchev–Trinajstić information content (AvgIpc) is 3.53. The standard InChI is InChI=1S/C27H14ClF5N6O2/c28-18-3-2-15(29)8-17(18)23-22-20(37-25(40)13-5-14(27(31,32)33)7-16(30)6-13)9-19(36-24(22)26(41)38-23)12-1-4-21-34-11-35-39(21)10-12/h1-11,23H,(H,38,41)(H,36,37,40). The van der Waals surface area contributed by atoms with E-state index in [0.29, 0.717) is 23.3 Å². The first-order chi connectivity index (χ1) is 19.5. The number of alkyl halides is 3. The summed E-state index contributed by atoms with van der Waals surface area (Å²) in [6.45, 7) is 0. The van der Waals surface area contributed by atoms with Gasteiger partial charge in [0.05, 0.1) is 23.0 Å². The molecule has 0 spiro atoms. The first-order valence-electron chi connectivity index (χ1n) is 11.8. The van der Waals surface area contributed by atoms with Gasteiger partial charge < -0.3 is 10.6 Å². The second kappa shape index (κ2) is 9.63. The Morgan fingerprint density at radius 2 is 1.83 bits per heavy atom. The highest BCUT2D eigenvalue weighted by Gasteiger charge is 2.37. The van der Waals surface area contributed by atoms with Gasteiger partial charge in [-0.3, -0.25) is 9.59 Å². The predicted octanol–water partition coefficient (Wildman–Crippen LogP) is 5.83. The molecular formula is C27H14ClF5N6O2. The first-order valence-corrected chi connectivity index (χ1v) is 12.2. The van der Waals surface area contributed by atoms with Gasteiger partial charge in [-0.2, -0.15) is 18.3 Å². The van der Waals surface area contributed by atoms with Crippen molar-refractivity contribution in [1.29, 1.82) is 0 Å². The molecule has 6 rings (SSSR count). The molecule has 1 aliphatic heterocycles. The third kappa shape index (κ3) is 4.84. The maximum absolute atomic E-state index is 14.2. The smallest absolute Gasteiger partial charge is 0.340 e. The Hall–Kier alpha value is -4.91. The van der Waals surface area contributed by atoms with Gasteiger partial charge in [0.15, 0.2) is 5.65 Å². The summed E-state index contributed by atoms with van der Waals surface area (Å²) >= 11 is 6.30. The molecule has 4 heterocycles. The van der Waals surface area contributed by atoms with E-state index >= 15 is 0 Å². The number of anilines is 1. The minimum atomic E-state index is -4.90. The second-order valence-corrected chi connectivity index (χ2v) is 9.46. The van der Waals surface area contributed by atoms with Crippen molar-refractivity contribution in [2.24, 2.45) is 0 Å². The van der Waals surface area contributed by atoms with Crippen molar-refractivity contribution in [3.8, 4) is 11.3 Å². The van der Waals surface area contributed by atoms with Gasteiger partial charge in [0.25, 0.3) is 11.8 Å². The zero-order chi connectivity index (χ0) is 29.1. The van der Waals surface area contributed by atoms with Crippen LogP contribution in [0, 0.1) is 11.6 Å². The van der Waals surface area contributed by atoms with Gasteiger partial charge >= 0.3 is 6.18 Å². The Morgan fingerprint density at radius 3 is 2.61 bits per heavy atom. The van der Waals surface area contributed by atoms with Gasteiger partial charge in [0, 0.05) is 33.5 Å². The van der Waals surface area contributed by atoms with Gasteiger partial charge in [-0.05, 0) is 54.6 Å². The normalized spacial score (nSPS) is 14.7. The molecule has 1 unspecified atom stereocenters. The Labute approximate surface area is 231 Å². The van der Waals surface area contributed by atoms with E-state index in [1.807, 2.05) is 0 Å². The third-order valence-corrected chi connectivity index (χ3v) is 6.76. The summed E-state index contributed by atoms with van der Waals surface area (Å²) < 4.78 is 69.6. The second-order valence-electron chi connectivity index (χ2n) is 9.05. The van der Waals surface area contributed by atoms with Crippen molar-refractivity contribution >= 4 is 34.7 Å². The van der Waals surface area contributed by atoms with Crippen molar-refractivity contribution in [2.75, 3.05) is 5.32 Å². The number of hydrogen-bond donors (Lipinski definition) is 2. The molecule has 1 atom stereocenters. The Bertz CT molecular complexity index is 1890. The molecule has 0 saturated heterocycles. The zero-order valence-electron chi connectivity index (χ0n) is 20.3. The highest BCUT2D eigenvalue weighted by molar-refractivity contribution is 6.31. The lowest BCUT2D eigenvalue weighted by Crippen LogP contribution is -2.21. The lowest BCUT2D eigenvalue weighted by molar-refractivity contribution is -0.137. The Kier molecular flexibility index (Phi) is 6.18. The number of nitrogens with zero attached hydrogens (tertiary/aromatic N) is 4. The van der Waals surface area contributed by atoms with Gasteiger partial charge in [0.1, 0.15) is 23.7 Å². The van der Waals surface area contributed by atoms with Gasteiger partial charge in [0.2, 0.25) is 0 Å². The molecule has 2 aromatic carbocycles. The van der Waals surface area contributed by atoms with Crippen LogP contribution in [0.15, 0.2) is 67.1 Å². The number of aromatic nitrogens is 4. The number of benzene rings is 2. The molecule has 8 nitrogen and oxygen atoms in total. The van der Waals surface area contributed by atoms with Gasteiger partial charge in [-0.25, -0.2) is 23.3 Å². The molecule has 1 aliphatic rings. The molecule has 0 bridgehead atoms. The highest BCUT2D eigenvalue weighted by Crippen LogP contribution is 2.40. The lowest BCUT2D eigenvalue weighted by atomic mass is 9.97. The van der Waals surface area contributed by atoms with E-state index in [-0.39, 0.29) is 39.3 Å². The molecule has 0 fully saturated rings. The fraction of sp³-hybridized carbons (Fsp3) is 0.0741. The molecule has 14 heteroatoms. The average molecular weight is 585 g/mol. The van der Waals surface area contributed by atoms with E-state index in [1.54, 1.807) is 18.3 Å². The van der Waals surface area contributed by atoms with Crippen molar-refractivity contribution in [2.45, 2.75) is 12.2 Å². The number of rotatable bonds is 4. The maximum atomic E-state index is 14.2. The zero-order valence-corrected chi connectivity index (χ0v) is 21.1. The Balaban J connectivity index is 1.51. The van der Waals surface area contributed by atoms with E-state index in [0.717, 1.165) is 12.1 Å². The van der Waals surface area contributed by atoms with Crippen LogP contribution >= 0.6 is 11.6 Å². The van der Waals surface area contributed by atoms with Crippen LogP contribution in [0.3, 0.4) is 0 Å². The van der Waals surface area contributed by atoms with Crippen LogP contribution < -0.4 is 10.6 Å². The molecular weight excluding hydrogens is 571 g/mol. The SMILES string of the molecule is O=C(Nc1cc(-c2ccc3ncnn3c2)nc2c1C(c1cc(F)ccc1Cl)NC2=O)c1cc(F)cc(C(F)(F)F)c1. The fourth-order valence-corrected chi connectivity index (χ4v) is 4.79. The molecule has 5 aromatic rings. The van der Waals surface area contributed by atoms with Gasteiger partial charge in [-0.15, -0.1) is 0 Å². The van der Waals surface area contributed by atoms with E-state index < -0.39 is 46.8 Å². The van der Waals surface area contributed by atoms with Crippen LogP contribution in [0.5, 0.6) is 0 Å². The van der Waals surface area contributed by atoms with Crippen LogP contribution in [-0.4, -0.2) is 31.4 Å². The minimum Gasteiger partial charge on any atom is -0.340 e. The fourth-order valence-electron chi connectivity index (χ4n) is 4.56. The summed E-state index contributed by atoms with van der Waals surface area (Å²) in [6, 6.07) is 8.52. The summed E-state index contributed by atoms with van der Waals surface area (Å²) in [5.41, 5.74) is -0.760. The molecule has 206 valence electrons. The largest absolute Gasteiger partial charge is 0.416 e. The molecule has 0 aliphatic carbocycles. The van der Waals surface area contributed by atoms with Crippen LogP contribution in [0.4, 0.5) is 27.6 Å². The number of nitrogens with one attached hydrogen (secondary N) is 2. The quantitative estimate of drug-likeness (QED) is 0.259. The summed E-state index contributed by atoms with van der Waals surface area (Å²) in [7, 11) is 0. The number of pyridine rings is 2. The summed E-state index contributed by atoms with van der Waals surface area (Å²) in [6.07, 6.45) is -2.01. The maximum Gasteiger partial charge on any atom is 0.416 e. The molecule has 3 aromatic heterocycles. The van der Waals surface area contributed by atoms with Crippen LogP contribution in [0.2, 0.25) is 5.02 Å². The van der Waals surface area contributed by atoms with Crippen LogP contribution in [0.1, 0.15) is 43.6 Å². The molecule has 0 radical (unpaired) electrons. The molecule has 2 amide bonds. The van der Waals surface area contributed by atoms with Crippen LogP contribution in [-0.2, 0) is 6.18 Å². The summed E-state index contributed by atoms with van der Waals surface area (Å²) in [4.78, 5) is 34.8. The molecule has 2 N–H and O–H groups in total. The van der Waals surface area contributed by atoms with Gasteiger partial charge in [-0.1, -0.05) is 11.6 Å². The van der Waals surface area contributed by atoms with Crippen LogP contribution in [0.25, 0.3) is 16.9 Å². The summed E-state index contributed by atoms with van der Waals surface area (Å²) in [5.74, 6) is -3.69. The van der Waals surface area contributed by atoms with Crippen molar-refractivity contribution in [3.05, 3.63) is 112 Å². The van der Waals surface area contributed by atoms with Crippen molar-refractivity contribution in [3.63, 3.8) is 0 Å². The van der Waals surface area contributed by atoms with E-state index in [9.17, 15) is 31.5 Å². The highest BCUT2D eigenvalue weighted by atomic mass is 35.5. The van der Waals surface area contributed by atoms with E-state index in [1.165, 1.54) is 23.0 Å². The van der Waals surface area contributed by atoms with E-state index in [4.69, 9.17) is 11.6 Å². The number of carbonyl (C=O) groups excluding carboxylic acids is 2.